The van der Waals surface area contributed by atoms with Gasteiger partial charge in [-0.15, -0.1) is 0 Å². The molecule has 1 heterocycles. The molecule has 0 aromatic carbocycles. The van der Waals surface area contributed by atoms with E-state index >= 15 is 0 Å². The van der Waals surface area contributed by atoms with Crippen molar-refractivity contribution >= 4 is 5.82 Å². The first kappa shape index (κ1) is 15.0. The summed E-state index contributed by atoms with van der Waals surface area (Å²) in [5.41, 5.74) is 1.87. The van der Waals surface area contributed by atoms with Crippen LogP contribution in [0.25, 0.3) is 0 Å². The van der Waals surface area contributed by atoms with Crippen molar-refractivity contribution in [3.05, 3.63) is 11.3 Å². The lowest BCUT2D eigenvalue weighted by molar-refractivity contribution is 0.281. The monoisotopic (exact) mass is 254 g/mol. The van der Waals surface area contributed by atoms with Gasteiger partial charge in [0.15, 0.2) is 0 Å². The lowest BCUT2D eigenvalue weighted by Crippen LogP contribution is -2.34. The van der Waals surface area contributed by atoms with Crippen molar-refractivity contribution < 1.29 is 5.11 Å². The van der Waals surface area contributed by atoms with Gasteiger partial charge >= 0.3 is 0 Å². The first-order valence-corrected chi connectivity index (χ1v) is 6.54. The average Bonchev–Trinajstić information content (AvgIpc) is 2.58. The van der Waals surface area contributed by atoms with E-state index in [1.165, 1.54) is 0 Å². The standard InChI is InChI=1S/C13H26N4O/c1-6-7-17(9-8-15(3)4)13-12(10-18)11(2)14-16(13)5/h18H,6-10H2,1-5H3. The second kappa shape index (κ2) is 6.75. The van der Waals surface area contributed by atoms with Gasteiger partial charge in [0, 0.05) is 32.2 Å². The van der Waals surface area contributed by atoms with Gasteiger partial charge in [0.25, 0.3) is 0 Å². The molecule has 104 valence electrons. The summed E-state index contributed by atoms with van der Waals surface area (Å²) in [7, 11) is 6.09. The molecule has 0 spiro atoms. The van der Waals surface area contributed by atoms with Crippen LogP contribution in [0.1, 0.15) is 24.6 Å². The Morgan fingerprint density at radius 3 is 2.39 bits per heavy atom. The second-order valence-corrected chi connectivity index (χ2v) is 4.96. The van der Waals surface area contributed by atoms with Crippen LogP contribution in [0.3, 0.4) is 0 Å². The maximum Gasteiger partial charge on any atom is 0.132 e. The van der Waals surface area contributed by atoms with Gasteiger partial charge in [0.05, 0.1) is 12.3 Å². The van der Waals surface area contributed by atoms with Gasteiger partial charge < -0.3 is 14.9 Å². The summed E-state index contributed by atoms with van der Waals surface area (Å²) >= 11 is 0. The molecule has 0 atom stereocenters. The van der Waals surface area contributed by atoms with Crippen molar-refractivity contribution in [2.75, 3.05) is 38.6 Å². The van der Waals surface area contributed by atoms with E-state index in [4.69, 9.17) is 0 Å². The molecule has 1 rings (SSSR count). The third kappa shape index (κ3) is 3.46. The summed E-state index contributed by atoms with van der Waals surface area (Å²) in [5.74, 6) is 1.05. The van der Waals surface area contributed by atoms with Gasteiger partial charge in [-0.1, -0.05) is 6.92 Å². The first-order chi connectivity index (χ1) is 8.51. The number of rotatable bonds is 7. The highest BCUT2D eigenvalue weighted by Crippen LogP contribution is 2.23. The van der Waals surface area contributed by atoms with Crippen LogP contribution in [0, 0.1) is 6.92 Å². The van der Waals surface area contributed by atoms with Crippen LogP contribution in [-0.2, 0) is 13.7 Å². The Labute approximate surface area is 110 Å². The molecule has 1 N–H and O–H groups in total. The molecule has 0 radical (unpaired) electrons. The highest BCUT2D eigenvalue weighted by molar-refractivity contribution is 5.49. The van der Waals surface area contributed by atoms with Crippen molar-refractivity contribution in [3.8, 4) is 0 Å². The highest BCUT2D eigenvalue weighted by Gasteiger charge is 2.18. The van der Waals surface area contributed by atoms with Gasteiger partial charge in [-0.25, -0.2) is 0 Å². The zero-order valence-corrected chi connectivity index (χ0v) is 12.3. The van der Waals surface area contributed by atoms with E-state index < -0.39 is 0 Å². The van der Waals surface area contributed by atoms with E-state index in [1.807, 2.05) is 18.7 Å². The molecule has 18 heavy (non-hydrogen) atoms. The summed E-state index contributed by atoms with van der Waals surface area (Å²) < 4.78 is 1.88. The molecule has 0 saturated heterocycles. The lowest BCUT2D eigenvalue weighted by atomic mass is 10.2. The molecule has 0 saturated carbocycles. The van der Waals surface area contributed by atoms with Crippen molar-refractivity contribution in [3.63, 3.8) is 0 Å². The van der Waals surface area contributed by atoms with E-state index in [0.29, 0.717) is 0 Å². The van der Waals surface area contributed by atoms with Crippen molar-refractivity contribution in [1.29, 1.82) is 0 Å². The van der Waals surface area contributed by atoms with Crippen LogP contribution in [0.2, 0.25) is 0 Å². The Kier molecular flexibility index (Phi) is 5.62. The van der Waals surface area contributed by atoms with E-state index in [1.54, 1.807) is 0 Å². The Morgan fingerprint density at radius 1 is 1.22 bits per heavy atom. The van der Waals surface area contributed by atoms with Crippen LogP contribution in [0.4, 0.5) is 5.82 Å². The van der Waals surface area contributed by atoms with Gasteiger partial charge in [-0.05, 0) is 27.4 Å². The largest absolute Gasteiger partial charge is 0.391 e. The van der Waals surface area contributed by atoms with Gasteiger partial charge in [0.2, 0.25) is 0 Å². The predicted octanol–water partition coefficient (Wildman–Crippen LogP) is 0.999. The molecule has 0 aliphatic rings. The maximum atomic E-state index is 9.52. The topological polar surface area (TPSA) is 44.5 Å². The third-order valence-corrected chi connectivity index (χ3v) is 3.08. The summed E-state index contributed by atoms with van der Waals surface area (Å²) in [6.45, 7) is 7.11. The zero-order chi connectivity index (χ0) is 13.7. The summed E-state index contributed by atoms with van der Waals surface area (Å²) in [5, 5.41) is 13.9. The smallest absolute Gasteiger partial charge is 0.132 e. The van der Waals surface area contributed by atoms with Crippen LogP contribution in [-0.4, -0.2) is 53.5 Å². The Morgan fingerprint density at radius 2 is 1.89 bits per heavy atom. The molecule has 0 aliphatic heterocycles. The molecule has 5 nitrogen and oxygen atoms in total. The highest BCUT2D eigenvalue weighted by atomic mass is 16.3. The van der Waals surface area contributed by atoms with Gasteiger partial charge in [-0.3, -0.25) is 4.68 Å². The summed E-state index contributed by atoms with van der Waals surface area (Å²) in [6, 6.07) is 0. The number of anilines is 1. The number of likely N-dealkylation sites (N-methyl/N-ethyl adjacent to an activating group) is 1. The molecule has 0 fully saturated rings. The van der Waals surface area contributed by atoms with Crippen LogP contribution in [0.15, 0.2) is 0 Å². The summed E-state index contributed by atoms with van der Waals surface area (Å²) in [6.07, 6.45) is 1.09. The van der Waals surface area contributed by atoms with Crippen molar-refractivity contribution in [1.82, 2.24) is 14.7 Å². The fraction of sp³-hybridized carbons (Fsp3) is 0.769. The molecule has 0 bridgehead atoms. The SMILES string of the molecule is CCCN(CCN(C)C)c1c(CO)c(C)nn1C. The molecular formula is C13H26N4O. The molecular weight excluding hydrogens is 228 g/mol. The minimum absolute atomic E-state index is 0.0528. The number of aryl methyl sites for hydroxylation is 2. The number of aliphatic hydroxyl groups excluding tert-OH is 1. The number of nitrogens with zero attached hydrogens (tertiary/aromatic N) is 4. The fourth-order valence-corrected chi connectivity index (χ4v) is 2.18. The van der Waals surface area contributed by atoms with Crippen LogP contribution >= 0.6 is 0 Å². The molecule has 0 unspecified atom stereocenters. The van der Waals surface area contributed by atoms with Gasteiger partial charge in [-0.2, -0.15) is 5.10 Å². The van der Waals surface area contributed by atoms with Crippen molar-refractivity contribution in [2.24, 2.45) is 7.05 Å². The van der Waals surface area contributed by atoms with E-state index in [9.17, 15) is 5.11 Å². The number of aromatic nitrogens is 2. The Balaban J connectivity index is 2.97. The van der Waals surface area contributed by atoms with E-state index in [-0.39, 0.29) is 6.61 Å². The van der Waals surface area contributed by atoms with Crippen LogP contribution in [0.5, 0.6) is 0 Å². The quantitative estimate of drug-likeness (QED) is 0.788. The van der Waals surface area contributed by atoms with Gasteiger partial charge in [0.1, 0.15) is 5.82 Å². The normalized spacial score (nSPS) is 11.3. The average molecular weight is 254 g/mol. The van der Waals surface area contributed by atoms with E-state index in [2.05, 4.69) is 35.9 Å². The number of hydrogen-bond donors (Lipinski definition) is 1. The Bertz CT molecular complexity index is 373. The third-order valence-electron chi connectivity index (χ3n) is 3.08. The predicted molar refractivity (Wildman–Crippen MR) is 74.9 cm³/mol. The zero-order valence-electron chi connectivity index (χ0n) is 12.3. The molecule has 0 amide bonds. The van der Waals surface area contributed by atoms with Crippen LogP contribution < -0.4 is 4.90 Å². The number of aliphatic hydroxyl groups is 1. The minimum atomic E-state index is 0.0528. The lowest BCUT2D eigenvalue weighted by Gasteiger charge is -2.26. The summed E-state index contributed by atoms with van der Waals surface area (Å²) in [4.78, 5) is 4.48. The molecule has 1 aromatic heterocycles. The maximum absolute atomic E-state index is 9.52. The van der Waals surface area contributed by atoms with Crippen molar-refractivity contribution in [2.45, 2.75) is 26.9 Å². The molecule has 0 aliphatic carbocycles. The second-order valence-electron chi connectivity index (χ2n) is 4.96. The minimum Gasteiger partial charge on any atom is -0.391 e. The Hall–Kier alpha value is -1.07. The molecule has 1 aromatic rings. The molecule has 5 heteroatoms. The fourth-order valence-electron chi connectivity index (χ4n) is 2.18. The van der Waals surface area contributed by atoms with E-state index in [0.717, 1.165) is 43.1 Å². The first-order valence-electron chi connectivity index (χ1n) is 6.54. The number of hydrogen-bond acceptors (Lipinski definition) is 4.